The number of nitrogens with zero attached hydrogens (tertiary/aromatic N) is 1. The van der Waals surface area contributed by atoms with E-state index in [0.717, 1.165) is 18.0 Å². The number of carbonyl (C=O) groups is 1. The van der Waals surface area contributed by atoms with Crippen molar-refractivity contribution < 1.29 is 4.79 Å². The topological polar surface area (TPSA) is 32.3 Å². The summed E-state index contributed by atoms with van der Waals surface area (Å²) in [5.74, 6) is 0.769. The van der Waals surface area contributed by atoms with E-state index >= 15 is 0 Å². The summed E-state index contributed by atoms with van der Waals surface area (Å²) in [4.78, 5) is 15.4. The zero-order valence-corrected chi connectivity index (χ0v) is 13.0. The second-order valence-electron chi connectivity index (χ2n) is 4.81. The largest absolute Gasteiger partial charge is 0.336 e. The van der Waals surface area contributed by atoms with Crippen molar-refractivity contribution in [3.63, 3.8) is 0 Å². The minimum absolute atomic E-state index is 0. The number of carbonyl (C=O) groups excluding carboxylic acids is 1. The van der Waals surface area contributed by atoms with E-state index in [4.69, 9.17) is 0 Å². The fraction of sp³-hybridized carbons (Fsp3) is 0.500. The smallest absolute Gasteiger partial charge is 0.233 e. The lowest BCUT2D eigenvalue weighted by atomic mass is 10.1. The van der Waals surface area contributed by atoms with Crippen LogP contribution in [-0.4, -0.2) is 41.7 Å². The number of rotatable bonds is 3. The quantitative estimate of drug-likeness (QED) is 0.870. The maximum absolute atomic E-state index is 12.2. The summed E-state index contributed by atoms with van der Waals surface area (Å²) in [6, 6.07) is 10.8. The first-order valence-electron chi connectivity index (χ1n) is 6.37. The van der Waals surface area contributed by atoms with Crippen molar-refractivity contribution in [1.82, 2.24) is 10.2 Å². The highest BCUT2D eigenvalue weighted by Gasteiger charge is 2.26. The molecular weight excluding hydrogens is 280 g/mol. The van der Waals surface area contributed by atoms with Crippen LogP contribution in [0.4, 0.5) is 0 Å². The average molecular weight is 301 g/mol. The summed E-state index contributed by atoms with van der Waals surface area (Å²) in [5.41, 5.74) is 0. The summed E-state index contributed by atoms with van der Waals surface area (Å²) in [5, 5.41) is 3.39. The van der Waals surface area contributed by atoms with E-state index < -0.39 is 0 Å². The standard InChI is InChI=1S/C14H20N2OS.ClH/c1-11-9-16(12(2)8-15-11)14(17)10-18-13-6-4-3-5-7-13;/h3-7,11-12,15H,8-10H2,1-2H3;1H. The Labute approximate surface area is 125 Å². The van der Waals surface area contributed by atoms with Gasteiger partial charge in [0.1, 0.15) is 0 Å². The molecule has 0 saturated carbocycles. The molecule has 1 aliphatic heterocycles. The van der Waals surface area contributed by atoms with Crippen LogP contribution in [-0.2, 0) is 4.79 Å². The number of thioether (sulfide) groups is 1. The Kier molecular flexibility index (Phi) is 6.69. The van der Waals surface area contributed by atoms with Gasteiger partial charge in [-0.25, -0.2) is 0 Å². The Hall–Kier alpha value is -0.710. The molecule has 1 fully saturated rings. The highest BCUT2D eigenvalue weighted by atomic mass is 35.5. The van der Waals surface area contributed by atoms with E-state index in [2.05, 4.69) is 19.2 Å². The lowest BCUT2D eigenvalue weighted by Gasteiger charge is -2.37. The Bertz CT molecular complexity index is 402. The summed E-state index contributed by atoms with van der Waals surface area (Å²) in [6.07, 6.45) is 0. The Morgan fingerprint density at radius 3 is 2.74 bits per heavy atom. The van der Waals surface area contributed by atoms with Gasteiger partial charge in [0.2, 0.25) is 5.91 Å². The fourth-order valence-electron chi connectivity index (χ4n) is 2.11. The Morgan fingerprint density at radius 2 is 2.05 bits per heavy atom. The highest BCUT2D eigenvalue weighted by molar-refractivity contribution is 8.00. The molecule has 5 heteroatoms. The van der Waals surface area contributed by atoms with Crippen molar-refractivity contribution in [1.29, 1.82) is 0 Å². The molecule has 0 aliphatic carbocycles. The molecule has 0 spiro atoms. The molecule has 2 unspecified atom stereocenters. The first-order chi connectivity index (χ1) is 8.66. The summed E-state index contributed by atoms with van der Waals surface area (Å²) in [7, 11) is 0. The predicted octanol–water partition coefficient (Wildman–Crippen LogP) is 2.41. The molecule has 2 rings (SSSR count). The van der Waals surface area contributed by atoms with Gasteiger partial charge in [-0.2, -0.15) is 0 Å². The monoisotopic (exact) mass is 300 g/mol. The van der Waals surface area contributed by atoms with Crippen molar-refractivity contribution in [2.24, 2.45) is 0 Å². The third-order valence-corrected chi connectivity index (χ3v) is 4.19. The SMILES string of the molecule is CC1CN(C(=O)CSc2ccccc2)C(C)CN1.Cl. The lowest BCUT2D eigenvalue weighted by Crippen LogP contribution is -2.56. The van der Waals surface area contributed by atoms with Crippen LogP contribution in [0.2, 0.25) is 0 Å². The van der Waals surface area contributed by atoms with Gasteiger partial charge in [0.15, 0.2) is 0 Å². The molecule has 0 bridgehead atoms. The van der Waals surface area contributed by atoms with Gasteiger partial charge in [0.05, 0.1) is 5.75 Å². The first kappa shape index (κ1) is 16.3. The van der Waals surface area contributed by atoms with Crippen LogP contribution < -0.4 is 5.32 Å². The van der Waals surface area contributed by atoms with Gasteiger partial charge < -0.3 is 10.2 Å². The number of amides is 1. The van der Waals surface area contributed by atoms with Gasteiger partial charge >= 0.3 is 0 Å². The maximum Gasteiger partial charge on any atom is 0.233 e. The van der Waals surface area contributed by atoms with Gasteiger partial charge in [-0.15, -0.1) is 24.2 Å². The molecular formula is C14H21ClN2OS. The molecule has 1 heterocycles. The second kappa shape index (κ2) is 7.78. The number of benzene rings is 1. The van der Waals surface area contributed by atoms with Crippen molar-refractivity contribution in [2.45, 2.75) is 30.8 Å². The van der Waals surface area contributed by atoms with E-state index in [1.165, 1.54) is 0 Å². The summed E-state index contributed by atoms with van der Waals surface area (Å²) < 4.78 is 0. The molecule has 0 aromatic heterocycles. The molecule has 1 aliphatic rings. The minimum Gasteiger partial charge on any atom is -0.336 e. The number of piperazine rings is 1. The van der Waals surface area contributed by atoms with E-state index in [1.807, 2.05) is 35.2 Å². The molecule has 106 valence electrons. The normalized spacial score (nSPS) is 22.7. The van der Waals surface area contributed by atoms with Crippen LogP contribution in [0.1, 0.15) is 13.8 Å². The van der Waals surface area contributed by atoms with E-state index in [0.29, 0.717) is 17.8 Å². The number of nitrogens with one attached hydrogen (secondary N) is 1. The van der Waals surface area contributed by atoms with Gasteiger partial charge in [0.25, 0.3) is 0 Å². The first-order valence-corrected chi connectivity index (χ1v) is 7.36. The zero-order valence-electron chi connectivity index (χ0n) is 11.3. The van der Waals surface area contributed by atoms with Gasteiger partial charge in [-0.3, -0.25) is 4.79 Å². The Morgan fingerprint density at radius 1 is 1.37 bits per heavy atom. The molecule has 0 radical (unpaired) electrons. The van der Waals surface area contributed by atoms with Crippen molar-refractivity contribution in [3.8, 4) is 0 Å². The molecule has 1 aromatic rings. The van der Waals surface area contributed by atoms with E-state index in [1.54, 1.807) is 11.8 Å². The summed E-state index contributed by atoms with van der Waals surface area (Å²) >= 11 is 1.61. The van der Waals surface area contributed by atoms with Crippen molar-refractivity contribution in [2.75, 3.05) is 18.8 Å². The van der Waals surface area contributed by atoms with Crippen LogP contribution in [0.5, 0.6) is 0 Å². The molecule has 3 nitrogen and oxygen atoms in total. The van der Waals surface area contributed by atoms with Crippen LogP contribution in [0.15, 0.2) is 35.2 Å². The molecule has 1 saturated heterocycles. The minimum atomic E-state index is 0. The number of hydrogen-bond acceptors (Lipinski definition) is 3. The lowest BCUT2D eigenvalue weighted by molar-refractivity contribution is -0.131. The molecule has 19 heavy (non-hydrogen) atoms. The number of halogens is 1. The van der Waals surface area contributed by atoms with Crippen LogP contribution in [0, 0.1) is 0 Å². The van der Waals surface area contributed by atoms with Crippen LogP contribution >= 0.6 is 24.2 Å². The molecule has 1 amide bonds. The second-order valence-corrected chi connectivity index (χ2v) is 5.85. The van der Waals surface area contributed by atoms with Crippen molar-refractivity contribution in [3.05, 3.63) is 30.3 Å². The summed E-state index contributed by atoms with van der Waals surface area (Å²) in [6.45, 7) is 5.93. The highest BCUT2D eigenvalue weighted by Crippen LogP contribution is 2.18. The Balaban J connectivity index is 0.00000180. The van der Waals surface area contributed by atoms with Crippen LogP contribution in [0.3, 0.4) is 0 Å². The van der Waals surface area contributed by atoms with E-state index in [9.17, 15) is 4.79 Å². The fourth-order valence-corrected chi connectivity index (χ4v) is 2.92. The van der Waals surface area contributed by atoms with Crippen LogP contribution in [0.25, 0.3) is 0 Å². The van der Waals surface area contributed by atoms with Gasteiger partial charge in [-0.05, 0) is 26.0 Å². The third-order valence-electron chi connectivity index (χ3n) is 3.19. The van der Waals surface area contributed by atoms with Crippen molar-refractivity contribution >= 4 is 30.1 Å². The zero-order chi connectivity index (χ0) is 13.0. The van der Waals surface area contributed by atoms with Gasteiger partial charge in [0, 0.05) is 30.1 Å². The number of hydrogen-bond donors (Lipinski definition) is 1. The van der Waals surface area contributed by atoms with Gasteiger partial charge in [-0.1, -0.05) is 18.2 Å². The molecule has 2 atom stereocenters. The molecule has 1 aromatic carbocycles. The maximum atomic E-state index is 12.2. The third kappa shape index (κ3) is 4.71. The predicted molar refractivity (Wildman–Crippen MR) is 83.1 cm³/mol. The molecule has 1 N–H and O–H groups in total. The average Bonchev–Trinajstić information content (AvgIpc) is 2.40. The van der Waals surface area contributed by atoms with E-state index in [-0.39, 0.29) is 18.3 Å².